The first kappa shape index (κ1) is 33.1. The van der Waals surface area contributed by atoms with Crippen LogP contribution in [0.5, 0.6) is 11.5 Å². The van der Waals surface area contributed by atoms with E-state index in [-0.39, 0.29) is 40.7 Å². The fraction of sp³-hybridized carbons (Fsp3) is 0.548. The average Bonchev–Trinajstić information content (AvgIpc) is 2.90. The van der Waals surface area contributed by atoms with Gasteiger partial charge in [-0.15, -0.1) is 0 Å². The van der Waals surface area contributed by atoms with E-state index >= 15 is 0 Å². The number of carboxylic acids is 1. The molecular weight excluding hydrogens is 532 g/mol. The van der Waals surface area contributed by atoms with Crippen molar-refractivity contribution < 1.29 is 29.7 Å². The quantitative estimate of drug-likeness (QED) is 0.139. The van der Waals surface area contributed by atoms with Crippen molar-refractivity contribution in [1.29, 1.82) is 0 Å². The number of aromatic hydroxyl groups is 2. The number of ketones is 1. The van der Waals surface area contributed by atoms with Crippen LogP contribution in [0, 0.1) is 24.2 Å². The Balaban J connectivity index is 2.12. The summed E-state index contributed by atoms with van der Waals surface area (Å²) >= 11 is 6.39. The molecule has 1 aromatic carbocycles. The molecule has 8 nitrogen and oxygen atoms in total. The van der Waals surface area contributed by atoms with Crippen molar-refractivity contribution in [3.8, 4) is 11.5 Å². The number of aliphatic imine (C=N–C) groups is 1. The molecule has 1 aliphatic carbocycles. The molecule has 0 unspecified atom stereocenters. The van der Waals surface area contributed by atoms with Crippen molar-refractivity contribution in [1.82, 2.24) is 5.32 Å². The molecule has 40 heavy (non-hydrogen) atoms. The fourth-order valence-electron chi connectivity index (χ4n) is 5.05. The number of carbonyl (C=O) groups is 3. The molecule has 9 heteroatoms. The molecule has 0 spiro atoms. The highest BCUT2D eigenvalue weighted by Crippen LogP contribution is 2.45. The number of carbonyl (C=O) groups excluding carboxylic acids is 2. The summed E-state index contributed by atoms with van der Waals surface area (Å²) in [7, 11) is 0. The van der Waals surface area contributed by atoms with E-state index in [0.29, 0.717) is 54.2 Å². The Labute approximate surface area is 242 Å². The van der Waals surface area contributed by atoms with Crippen LogP contribution in [0.25, 0.3) is 0 Å². The molecule has 1 aromatic rings. The van der Waals surface area contributed by atoms with E-state index in [1.54, 1.807) is 6.92 Å². The molecule has 0 radical (unpaired) electrons. The van der Waals surface area contributed by atoms with E-state index in [9.17, 15) is 29.7 Å². The molecule has 0 heterocycles. The van der Waals surface area contributed by atoms with Gasteiger partial charge in [-0.3, -0.25) is 14.6 Å². The third-order valence-electron chi connectivity index (χ3n) is 8.33. The number of halogens is 1. The summed E-state index contributed by atoms with van der Waals surface area (Å²) in [5.41, 5.74) is 1.91. The van der Waals surface area contributed by atoms with Crippen molar-refractivity contribution in [3.05, 3.63) is 45.5 Å². The maximum absolute atomic E-state index is 12.3. The summed E-state index contributed by atoms with van der Waals surface area (Å²) in [6, 6.07) is -0.933. The number of rotatable bonds is 12. The number of carboxylic acid groups (broad SMARTS) is 1. The molecule has 0 aromatic heterocycles. The topological polar surface area (TPSA) is 136 Å². The van der Waals surface area contributed by atoms with Gasteiger partial charge in [0.15, 0.2) is 0 Å². The lowest BCUT2D eigenvalue weighted by Gasteiger charge is -2.42. The number of Topliss-reactive ketones (excluding diaryl/α,β-unsaturated/α-hetero) is 1. The number of nitrogens with zero attached hydrogens (tertiary/aromatic N) is 1. The molecular formula is C31H43ClN2O6. The molecule has 4 N–H and O–H groups in total. The Kier molecular flexibility index (Phi) is 12.0. The predicted molar refractivity (Wildman–Crippen MR) is 158 cm³/mol. The minimum atomic E-state index is -1.08. The number of phenols is 2. The lowest BCUT2D eigenvalue weighted by Crippen LogP contribution is -2.40. The first-order chi connectivity index (χ1) is 18.7. The van der Waals surface area contributed by atoms with Crippen LogP contribution in [-0.2, 0) is 20.8 Å². The zero-order valence-corrected chi connectivity index (χ0v) is 25.1. The molecule has 0 aliphatic heterocycles. The van der Waals surface area contributed by atoms with Crippen molar-refractivity contribution in [2.24, 2.45) is 22.2 Å². The normalized spacial score (nSPS) is 22.7. The van der Waals surface area contributed by atoms with Gasteiger partial charge in [0.25, 0.3) is 0 Å². The maximum Gasteiger partial charge on any atom is 0.326 e. The fourth-order valence-corrected chi connectivity index (χ4v) is 5.27. The van der Waals surface area contributed by atoms with Crippen LogP contribution in [0.1, 0.15) is 83.4 Å². The zero-order valence-electron chi connectivity index (χ0n) is 24.4. The minimum absolute atomic E-state index is 0.0538. The molecule has 0 bridgehead atoms. The van der Waals surface area contributed by atoms with Gasteiger partial charge >= 0.3 is 5.97 Å². The third-order valence-corrected chi connectivity index (χ3v) is 8.79. The van der Waals surface area contributed by atoms with Gasteiger partial charge in [0, 0.05) is 43.1 Å². The number of hydrogen-bond donors (Lipinski definition) is 4. The molecule has 4 atom stereocenters. The Morgan fingerprint density at radius 1 is 1.20 bits per heavy atom. The van der Waals surface area contributed by atoms with Crippen LogP contribution in [0.3, 0.4) is 0 Å². The zero-order chi connectivity index (χ0) is 30.2. The average molecular weight is 575 g/mol. The van der Waals surface area contributed by atoms with Gasteiger partial charge in [-0.05, 0) is 62.8 Å². The van der Waals surface area contributed by atoms with Crippen molar-refractivity contribution >= 4 is 35.5 Å². The van der Waals surface area contributed by atoms with Crippen LogP contribution in [0.15, 0.2) is 28.8 Å². The smallest absolute Gasteiger partial charge is 0.326 e. The van der Waals surface area contributed by atoms with E-state index in [0.717, 1.165) is 12.0 Å². The maximum atomic E-state index is 12.3. The monoisotopic (exact) mass is 574 g/mol. The highest BCUT2D eigenvalue weighted by molar-refractivity contribution is 6.33. The summed E-state index contributed by atoms with van der Waals surface area (Å²) < 4.78 is 0. The highest BCUT2D eigenvalue weighted by Gasteiger charge is 2.41. The Bertz CT molecular complexity index is 1200. The Morgan fingerprint density at radius 3 is 2.50 bits per heavy atom. The molecule has 0 saturated heterocycles. The van der Waals surface area contributed by atoms with Gasteiger partial charge in [0.1, 0.15) is 23.3 Å². The molecule has 1 saturated carbocycles. The highest BCUT2D eigenvalue weighted by atomic mass is 35.5. The number of benzene rings is 1. The lowest BCUT2D eigenvalue weighted by molar-refractivity contribution is -0.141. The predicted octanol–water partition coefficient (Wildman–Crippen LogP) is 5.92. The largest absolute Gasteiger partial charge is 0.507 e. The van der Waals surface area contributed by atoms with Crippen molar-refractivity contribution in [2.75, 3.05) is 6.54 Å². The van der Waals surface area contributed by atoms with Gasteiger partial charge < -0.3 is 20.6 Å². The van der Waals surface area contributed by atoms with E-state index in [1.807, 2.05) is 26.0 Å². The van der Waals surface area contributed by atoms with E-state index in [4.69, 9.17) is 11.6 Å². The van der Waals surface area contributed by atoms with Crippen LogP contribution < -0.4 is 5.32 Å². The number of nitrogens with one attached hydrogen (secondary N) is 1. The summed E-state index contributed by atoms with van der Waals surface area (Å²) in [4.78, 5) is 39.1. The van der Waals surface area contributed by atoms with Crippen LogP contribution in [0.4, 0.5) is 0 Å². The molecule has 1 amide bonds. The number of amides is 1. The van der Waals surface area contributed by atoms with Gasteiger partial charge in [-0.1, -0.05) is 56.2 Å². The van der Waals surface area contributed by atoms with E-state index in [1.165, 1.54) is 13.1 Å². The van der Waals surface area contributed by atoms with E-state index in [2.05, 4.69) is 30.2 Å². The molecule has 2 rings (SSSR count). The second-order valence-electron chi connectivity index (χ2n) is 11.1. The summed E-state index contributed by atoms with van der Waals surface area (Å²) in [6.07, 6.45) is 10.7. The second-order valence-corrected chi connectivity index (χ2v) is 11.5. The van der Waals surface area contributed by atoms with Gasteiger partial charge in [-0.25, -0.2) is 4.79 Å². The van der Waals surface area contributed by atoms with Crippen LogP contribution >= 0.6 is 11.6 Å². The number of hydrogen-bond acceptors (Lipinski definition) is 6. The summed E-state index contributed by atoms with van der Waals surface area (Å²) in [5.74, 6) is -1.12. The number of allylic oxidation sites excluding steroid dienone is 4. The first-order valence-corrected chi connectivity index (χ1v) is 14.2. The van der Waals surface area contributed by atoms with Gasteiger partial charge in [0.2, 0.25) is 5.91 Å². The third kappa shape index (κ3) is 8.19. The minimum Gasteiger partial charge on any atom is -0.507 e. The first-order valence-electron chi connectivity index (χ1n) is 13.8. The summed E-state index contributed by atoms with van der Waals surface area (Å²) in [6.45, 7) is 11.6. The lowest BCUT2D eigenvalue weighted by atomic mass is 9.61. The summed E-state index contributed by atoms with van der Waals surface area (Å²) in [5, 5.41) is 33.4. The van der Waals surface area contributed by atoms with Crippen molar-refractivity contribution in [3.63, 3.8) is 0 Å². The standard InChI is InChI=1S/C31H43ClN2O6/c1-18(14-15-31(6)19(2)11-13-26(36)21(31)4)10-12-23-28(37)24(20(3)27(32)29(23)38)17-33-16-8-7-9-25(30(39)40)34-22(5)35/h10,14-15,17,19,21,25,37-38H,7-9,11-13,16H2,1-6H3,(H,34,35)(H,39,40)/t19-,21+,25+,31+/m1/s1. The molecule has 1 aliphatic rings. The molecule has 220 valence electrons. The molecule has 1 fully saturated rings. The number of unbranched alkanes of at least 4 members (excludes halogenated alkanes) is 1. The number of aliphatic carboxylic acids is 1. The van der Waals surface area contributed by atoms with Gasteiger partial charge in [-0.2, -0.15) is 0 Å². The van der Waals surface area contributed by atoms with Crippen LogP contribution in [0.2, 0.25) is 5.02 Å². The SMILES string of the molecule is CC(=O)N[C@@H](CCCCN=Cc1c(C)c(Cl)c(O)c(CC=C(C)C=C[C@@]2(C)[C@H](C)CCC(=O)[C@@H]2C)c1O)C(=O)O. The Morgan fingerprint density at radius 2 is 1.88 bits per heavy atom. The van der Waals surface area contributed by atoms with Gasteiger partial charge in [0.05, 0.1) is 5.02 Å². The Hall–Kier alpha value is -3.13. The van der Waals surface area contributed by atoms with E-state index < -0.39 is 17.9 Å². The second kappa shape index (κ2) is 14.5. The number of phenolic OH excluding ortho intramolecular Hbond substituents is 2. The van der Waals surface area contributed by atoms with Crippen molar-refractivity contribution in [2.45, 2.75) is 86.1 Å². The van der Waals surface area contributed by atoms with Crippen LogP contribution in [-0.4, -0.2) is 51.8 Å².